The summed E-state index contributed by atoms with van der Waals surface area (Å²) in [6.45, 7) is 6.83. The summed E-state index contributed by atoms with van der Waals surface area (Å²) in [7, 11) is -3.48. The summed E-state index contributed by atoms with van der Waals surface area (Å²) in [6, 6.07) is 13.6. The molecule has 0 spiro atoms. The number of hydrogen-bond donors (Lipinski definition) is 2. The van der Waals surface area contributed by atoms with E-state index >= 15 is 0 Å². The second-order valence-electron chi connectivity index (χ2n) is 6.66. The molecule has 0 radical (unpaired) electrons. The standard InChI is InChI=1S/C21H28ClN3O3S/c1-4-25(5-2)29(27,28)20-12-8-18(9-13-20)16(3)24-21(26)23-15-14-17-6-10-19(22)11-7-17/h6-13,16H,4-5,14-15H2,1-3H3,(H2,23,24,26). The van der Waals surface area contributed by atoms with Gasteiger partial charge in [0.15, 0.2) is 0 Å². The summed E-state index contributed by atoms with van der Waals surface area (Å²) in [5.74, 6) is 0. The van der Waals surface area contributed by atoms with Crippen LogP contribution in [0.2, 0.25) is 5.02 Å². The van der Waals surface area contributed by atoms with Gasteiger partial charge in [-0.3, -0.25) is 0 Å². The zero-order valence-electron chi connectivity index (χ0n) is 17.0. The molecule has 0 aliphatic heterocycles. The normalized spacial score (nSPS) is 12.6. The summed E-state index contributed by atoms with van der Waals surface area (Å²) in [6.07, 6.45) is 0.705. The monoisotopic (exact) mass is 437 g/mol. The van der Waals surface area contributed by atoms with Crippen molar-refractivity contribution in [2.24, 2.45) is 0 Å². The predicted molar refractivity (Wildman–Crippen MR) is 117 cm³/mol. The van der Waals surface area contributed by atoms with Crippen molar-refractivity contribution in [3.63, 3.8) is 0 Å². The van der Waals surface area contributed by atoms with Crippen molar-refractivity contribution in [1.29, 1.82) is 0 Å². The van der Waals surface area contributed by atoms with E-state index in [4.69, 9.17) is 11.6 Å². The van der Waals surface area contributed by atoms with Crippen molar-refractivity contribution < 1.29 is 13.2 Å². The minimum Gasteiger partial charge on any atom is -0.338 e. The maximum absolute atomic E-state index is 12.5. The fourth-order valence-electron chi connectivity index (χ4n) is 2.94. The van der Waals surface area contributed by atoms with Crippen LogP contribution in [0.25, 0.3) is 0 Å². The topological polar surface area (TPSA) is 78.5 Å². The molecule has 1 unspecified atom stereocenters. The summed E-state index contributed by atoms with van der Waals surface area (Å²) in [5, 5.41) is 6.37. The second kappa shape index (κ2) is 10.6. The average molecular weight is 438 g/mol. The molecule has 2 aromatic rings. The van der Waals surface area contributed by atoms with E-state index in [-0.39, 0.29) is 17.0 Å². The summed E-state index contributed by atoms with van der Waals surface area (Å²) in [4.78, 5) is 12.4. The van der Waals surface area contributed by atoms with Gasteiger partial charge >= 0.3 is 6.03 Å². The Kier molecular flexibility index (Phi) is 8.49. The third-order valence-electron chi connectivity index (χ3n) is 4.68. The minimum atomic E-state index is -3.48. The molecular formula is C21H28ClN3O3S. The molecule has 0 aliphatic carbocycles. The van der Waals surface area contributed by atoms with Crippen LogP contribution < -0.4 is 10.6 Å². The molecule has 6 nitrogen and oxygen atoms in total. The number of carbonyl (C=O) groups is 1. The van der Waals surface area contributed by atoms with Gasteiger partial charge in [0.1, 0.15) is 0 Å². The zero-order chi connectivity index (χ0) is 21.4. The third kappa shape index (κ3) is 6.45. The highest BCUT2D eigenvalue weighted by molar-refractivity contribution is 7.89. The van der Waals surface area contributed by atoms with E-state index in [9.17, 15) is 13.2 Å². The van der Waals surface area contributed by atoms with Crippen molar-refractivity contribution in [2.45, 2.75) is 38.1 Å². The largest absolute Gasteiger partial charge is 0.338 e. The van der Waals surface area contributed by atoms with E-state index in [1.54, 1.807) is 24.3 Å². The number of benzene rings is 2. The van der Waals surface area contributed by atoms with Gasteiger partial charge in [-0.1, -0.05) is 49.7 Å². The van der Waals surface area contributed by atoms with Crippen LogP contribution in [0.5, 0.6) is 0 Å². The van der Waals surface area contributed by atoms with Crippen LogP contribution in [0.15, 0.2) is 53.4 Å². The van der Waals surface area contributed by atoms with Crippen LogP contribution in [0, 0.1) is 0 Å². The summed E-state index contributed by atoms with van der Waals surface area (Å²) in [5.41, 5.74) is 1.92. The molecule has 0 saturated carbocycles. The first-order valence-electron chi connectivity index (χ1n) is 9.66. The Balaban J connectivity index is 1.89. The number of urea groups is 1. The van der Waals surface area contributed by atoms with Crippen LogP contribution in [0.3, 0.4) is 0 Å². The molecule has 8 heteroatoms. The highest BCUT2D eigenvalue weighted by Crippen LogP contribution is 2.19. The van der Waals surface area contributed by atoms with Crippen LogP contribution in [0.1, 0.15) is 37.9 Å². The number of sulfonamides is 1. The smallest absolute Gasteiger partial charge is 0.315 e. The van der Waals surface area contributed by atoms with E-state index < -0.39 is 10.0 Å². The van der Waals surface area contributed by atoms with Gasteiger partial charge in [-0.25, -0.2) is 13.2 Å². The molecule has 2 amide bonds. The molecular weight excluding hydrogens is 410 g/mol. The van der Waals surface area contributed by atoms with Crippen molar-refractivity contribution >= 4 is 27.7 Å². The first-order valence-corrected chi connectivity index (χ1v) is 11.5. The molecule has 29 heavy (non-hydrogen) atoms. The summed E-state index contributed by atoms with van der Waals surface area (Å²) >= 11 is 5.86. The Morgan fingerprint density at radius 2 is 1.62 bits per heavy atom. The van der Waals surface area contributed by atoms with Gasteiger partial charge in [0.25, 0.3) is 0 Å². The third-order valence-corrected chi connectivity index (χ3v) is 7.00. The zero-order valence-corrected chi connectivity index (χ0v) is 18.6. The van der Waals surface area contributed by atoms with Crippen LogP contribution >= 0.6 is 11.6 Å². The number of rotatable bonds is 9. The Morgan fingerprint density at radius 3 is 2.17 bits per heavy atom. The Labute approximate surface area is 178 Å². The Morgan fingerprint density at radius 1 is 1.03 bits per heavy atom. The van der Waals surface area contributed by atoms with E-state index in [2.05, 4.69) is 10.6 Å². The lowest BCUT2D eigenvalue weighted by molar-refractivity contribution is 0.238. The van der Waals surface area contributed by atoms with Gasteiger partial charge in [0.2, 0.25) is 10.0 Å². The lowest BCUT2D eigenvalue weighted by Gasteiger charge is -2.19. The Bertz CT molecular complexity index is 896. The molecule has 158 valence electrons. The van der Waals surface area contributed by atoms with Crippen LogP contribution in [0.4, 0.5) is 4.79 Å². The highest BCUT2D eigenvalue weighted by atomic mass is 35.5. The minimum absolute atomic E-state index is 0.254. The van der Waals surface area contributed by atoms with Gasteiger partial charge in [-0.05, 0) is 48.7 Å². The fourth-order valence-corrected chi connectivity index (χ4v) is 4.53. The van der Waals surface area contributed by atoms with E-state index in [1.807, 2.05) is 45.0 Å². The van der Waals surface area contributed by atoms with Gasteiger partial charge in [-0.15, -0.1) is 0 Å². The predicted octanol–water partition coefficient (Wildman–Crippen LogP) is 3.97. The molecule has 0 heterocycles. The SMILES string of the molecule is CCN(CC)S(=O)(=O)c1ccc(C(C)NC(=O)NCCc2ccc(Cl)cc2)cc1. The number of nitrogens with one attached hydrogen (secondary N) is 2. The summed E-state index contributed by atoms with van der Waals surface area (Å²) < 4.78 is 26.5. The average Bonchev–Trinajstić information content (AvgIpc) is 2.70. The van der Waals surface area contributed by atoms with E-state index in [1.165, 1.54) is 4.31 Å². The second-order valence-corrected chi connectivity index (χ2v) is 9.03. The van der Waals surface area contributed by atoms with Crippen molar-refractivity contribution in [2.75, 3.05) is 19.6 Å². The fraction of sp³-hybridized carbons (Fsp3) is 0.381. The number of amides is 2. The Hall–Kier alpha value is -2.09. The lowest BCUT2D eigenvalue weighted by Crippen LogP contribution is -2.38. The number of carbonyl (C=O) groups excluding carboxylic acids is 1. The van der Waals surface area contributed by atoms with Crippen molar-refractivity contribution in [1.82, 2.24) is 14.9 Å². The maximum Gasteiger partial charge on any atom is 0.315 e. The molecule has 0 saturated heterocycles. The number of nitrogens with zero attached hydrogens (tertiary/aromatic N) is 1. The van der Waals surface area contributed by atoms with Gasteiger partial charge < -0.3 is 10.6 Å². The van der Waals surface area contributed by atoms with E-state index in [0.717, 1.165) is 11.1 Å². The van der Waals surface area contributed by atoms with Gasteiger partial charge in [-0.2, -0.15) is 4.31 Å². The van der Waals surface area contributed by atoms with Crippen LogP contribution in [-0.4, -0.2) is 38.4 Å². The van der Waals surface area contributed by atoms with E-state index in [0.29, 0.717) is 31.1 Å². The quantitative estimate of drug-likeness (QED) is 0.622. The van der Waals surface area contributed by atoms with Gasteiger partial charge in [0, 0.05) is 24.7 Å². The molecule has 2 N–H and O–H groups in total. The lowest BCUT2D eigenvalue weighted by atomic mass is 10.1. The van der Waals surface area contributed by atoms with Crippen LogP contribution in [-0.2, 0) is 16.4 Å². The molecule has 0 aliphatic rings. The highest BCUT2D eigenvalue weighted by Gasteiger charge is 2.21. The molecule has 1 atom stereocenters. The number of halogens is 1. The molecule has 2 aromatic carbocycles. The molecule has 0 bridgehead atoms. The molecule has 0 fully saturated rings. The molecule has 2 rings (SSSR count). The number of hydrogen-bond acceptors (Lipinski definition) is 3. The first-order chi connectivity index (χ1) is 13.8. The van der Waals surface area contributed by atoms with Crippen molar-refractivity contribution in [3.05, 3.63) is 64.7 Å². The molecule has 0 aromatic heterocycles. The first kappa shape index (κ1) is 23.2. The van der Waals surface area contributed by atoms with Crippen molar-refractivity contribution in [3.8, 4) is 0 Å². The maximum atomic E-state index is 12.5. The van der Waals surface area contributed by atoms with Gasteiger partial charge in [0.05, 0.1) is 10.9 Å².